The van der Waals surface area contributed by atoms with E-state index >= 15 is 0 Å². The van der Waals surface area contributed by atoms with Crippen LogP contribution in [0.15, 0.2) is 29.2 Å². The number of hydrogen-bond donors (Lipinski definition) is 1. The smallest absolute Gasteiger partial charge is 0.189 e. The Kier molecular flexibility index (Phi) is 2.23. The van der Waals surface area contributed by atoms with Gasteiger partial charge in [0.2, 0.25) is 0 Å². The first kappa shape index (κ1) is 9.77. The van der Waals surface area contributed by atoms with Gasteiger partial charge in [0, 0.05) is 24.2 Å². The number of pyridine rings is 1. The van der Waals surface area contributed by atoms with Crippen molar-refractivity contribution in [3.63, 3.8) is 0 Å². The second-order valence-electron chi connectivity index (χ2n) is 3.62. The molecule has 0 spiro atoms. The first-order chi connectivity index (χ1) is 7.13. The van der Waals surface area contributed by atoms with Crippen molar-refractivity contribution in [1.29, 1.82) is 0 Å². The fourth-order valence-corrected chi connectivity index (χ4v) is 1.92. The van der Waals surface area contributed by atoms with Gasteiger partial charge in [0.25, 0.3) is 0 Å². The molecule has 2 aromatic rings. The van der Waals surface area contributed by atoms with Crippen LogP contribution in [0.5, 0.6) is 5.75 Å². The molecule has 0 bridgehead atoms. The Morgan fingerprint density at radius 3 is 2.80 bits per heavy atom. The number of nitrogens with zero attached hydrogens (tertiary/aromatic N) is 1. The molecule has 1 aromatic heterocycles. The molecule has 0 amide bonds. The number of phenolic OH excluding ortho intramolecular Hbond substituents is 1. The number of aromatic hydroxyl groups is 1. The van der Waals surface area contributed by atoms with Crippen molar-refractivity contribution < 1.29 is 5.11 Å². The largest absolute Gasteiger partial charge is 0.508 e. The number of fused-ring (bicyclic) bond motifs is 1. The van der Waals surface area contributed by atoms with E-state index in [0.717, 1.165) is 17.6 Å². The van der Waals surface area contributed by atoms with Crippen LogP contribution in [0.25, 0.3) is 10.9 Å². The van der Waals surface area contributed by atoms with Gasteiger partial charge in [-0.3, -0.25) is 4.79 Å². The van der Waals surface area contributed by atoms with E-state index in [2.05, 4.69) is 0 Å². The van der Waals surface area contributed by atoms with E-state index in [1.807, 2.05) is 18.4 Å². The molecule has 15 heavy (non-hydrogen) atoms. The standard InChI is InChI=1S/C12H13NO2/c1-3-13-5-4-11(15)10-7-9(14)6-8(2)12(10)13/h4-7,14H,3H2,1-2H3. The number of aromatic nitrogens is 1. The summed E-state index contributed by atoms with van der Waals surface area (Å²) in [7, 11) is 0. The zero-order valence-electron chi connectivity index (χ0n) is 8.82. The monoisotopic (exact) mass is 203 g/mol. The van der Waals surface area contributed by atoms with Crippen LogP contribution in [0.4, 0.5) is 0 Å². The van der Waals surface area contributed by atoms with Crippen molar-refractivity contribution in [1.82, 2.24) is 4.57 Å². The fraction of sp³-hybridized carbons (Fsp3) is 0.250. The van der Waals surface area contributed by atoms with Crippen molar-refractivity contribution in [2.75, 3.05) is 0 Å². The predicted octanol–water partition coefficient (Wildman–Crippen LogP) is 2.04. The molecule has 0 fully saturated rings. The van der Waals surface area contributed by atoms with Gasteiger partial charge in [0.05, 0.1) is 5.52 Å². The molecule has 1 N–H and O–H groups in total. The first-order valence-corrected chi connectivity index (χ1v) is 4.96. The molecule has 0 saturated carbocycles. The average Bonchev–Trinajstić information content (AvgIpc) is 2.19. The van der Waals surface area contributed by atoms with Crippen LogP contribution < -0.4 is 5.43 Å². The van der Waals surface area contributed by atoms with Crippen LogP contribution in [-0.2, 0) is 6.54 Å². The molecule has 78 valence electrons. The molecular weight excluding hydrogens is 190 g/mol. The quantitative estimate of drug-likeness (QED) is 0.770. The molecule has 0 unspecified atom stereocenters. The summed E-state index contributed by atoms with van der Waals surface area (Å²) in [6.45, 7) is 4.73. The van der Waals surface area contributed by atoms with Crippen molar-refractivity contribution in [3.05, 3.63) is 40.2 Å². The van der Waals surface area contributed by atoms with Crippen LogP contribution in [0.1, 0.15) is 12.5 Å². The summed E-state index contributed by atoms with van der Waals surface area (Å²) >= 11 is 0. The summed E-state index contributed by atoms with van der Waals surface area (Å²) in [4.78, 5) is 11.6. The van der Waals surface area contributed by atoms with Crippen molar-refractivity contribution in [3.8, 4) is 5.75 Å². The van der Waals surface area contributed by atoms with Crippen LogP contribution in [-0.4, -0.2) is 9.67 Å². The van der Waals surface area contributed by atoms with Gasteiger partial charge >= 0.3 is 0 Å². The number of rotatable bonds is 1. The molecular formula is C12H13NO2. The fourth-order valence-electron chi connectivity index (χ4n) is 1.92. The molecule has 3 heteroatoms. The van der Waals surface area contributed by atoms with E-state index in [9.17, 15) is 9.90 Å². The number of benzene rings is 1. The molecule has 0 atom stereocenters. The Morgan fingerprint density at radius 1 is 1.40 bits per heavy atom. The summed E-state index contributed by atoms with van der Waals surface area (Å²) in [6, 6.07) is 4.73. The van der Waals surface area contributed by atoms with E-state index in [1.54, 1.807) is 12.3 Å². The third-order valence-corrected chi connectivity index (χ3v) is 2.58. The Hall–Kier alpha value is -1.77. The van der Waals surface area contributed by atoms with E-state index < -0.39 is 0 Å². The van der Waals surface area contributed by atoms with Crippen molar-refractivity contribution >= 4 is 10.9 Å². The minimum Gasteiger partial charge on any atom is -0.508 e. The predicted molar refractivity (Wildman–Crippen MR) is 60.3 cm³/mol. The minimum absolute atomic E-state index is 0.0475. The minimum atomic E-state index is -0.0475. The highest BCUT2D eigenvalue weighted by Crippen LogP contribution is 2.21. The molecule has 0 aliphatic heterocycles. The maximum Gasteiger partial charge on any atom is 0.189 e. The average molecular weight is 203 g/mol. The summed E-state index contributed by atoms with van der Waals surface area (Å²) in [5, 5.41) is 10.0. The second-order valence-corrected chi connectivity index (χ2v) is 3.62. The lowest BCUT2D eigenvalue weighted by atomic mass is 10.1. The summed E-state index contributed by atoms with van der Waals surface area (Å²) < 4.78 is 2.01. The maximum absolute atomic E-state index is 11.6. The Labute approximate surface area is 87.6 Å². The van der Waals surface area contributed by atoms with Crippen LogP contribution in [0.2, 0.25) is 0 Å². The lowest BCUT2D eigenvalue weighted by molar-refractivity contribution is 0.475. The van der Waals surface area contributed by atoms with Gasteiger partial charge in [-0.25, -0.2) is 0 Å². The highest BCUT2D eigenvalue weighted by molar-refractivity contribution is 5.83. The maximum atomic E-state index is 11.6. The van der Waals surface area contributed by atoms with Crippen LogP contribution in [0.3, 0.4) is 0 Å². The van der Waals surface area contributed by atoms with E-state index in [0.29, 0.717) is 5.39 Å². The van der Waals surface area contributed by atoms with Crippen molar-refractivity contribution in [2.24, 2.45) is 0 Å². The number of phenols is 1. The lowest BCUT2D eigenvalue weighted by Crippen LogP contribution is -2.08. The van der Waals surface area contributed by atoms with E-state index in [1.165, 1.54) is 12.1 Å². The highest BCUT2D eigenvalue weighted by atomic mass is 16.3. The van der Waals surface area contributed by atoms with Crippen molar-refractivity contribution in [2.45, 2.75) is 20.4 Å². The normalized spacial score (nSPS) is 10.8. The Balaban J connectivity index is 3.00. The molecule has 3 nitrogen and oxygen atoms in total. The first-order valence-electron chi connectivity index (χ1n) is 4.96. The highest BCUT2D eigenvalue weighted by Gasteiger charge is 2.06. The molecule has 0 radical (unpaired) electrons. The van der Waals surface area contributed by atoms with Gasteiger partial charge < -0.3 is 9.67 Å². The van der Waals surface area contributed by atoms with Gasteiger partial charge in [0.1, 0.15) is 5.75 Å². The Morgan fingerprint density at radius 2 is 2.13 bits per heavy atom. The number of aryl methyl sites for hydroxylation is 2. The van der Waals surface area contributed by atoms with E-state index in [-0.39, 0.29) is 11.2 Å². The van der Waals surface area contributed by atoms with Crippen LogP contribution in [0, 0.1) is 6.92 Å². The van der Waals surface area contributed by atoms with Gasteiger partial charge in [-0.05, 0) is 31.5 Å². The molecule has 0 aliphatic carbocycles. The SMILES string of the molecule is CCn1ccc(=O)c2cc(O)cc(C)c21. The lowest BCUT2D eigenvalue weighted by Gasteiger charge is -2.10. The van der Waals surface area contributed by atoms with Gasteiger partial charge in [-0.2, -0.15) is 0 Å². The number of hydrogen-bond acceptors (Lipinski definition) is 2. The molecule has 2 rings (SSSR count). The van der Waals surface area contributed by atoms with E-state index in [4.69, 9.17) is 0 Å². The third kappa shape index (κ3) is 1.50. The second kappa shape index (κ2) is 3.42. The topological polar surface area (TPSA) is 42.2 Å². The van der Waals surface area contributed by atoms with Gasteiger partial charge in [-0.1, -0.05) is 0 Å². The molecule has 1 heterocycles. The van der Waals surface area contributed by atoms with Crippen LogP contribution >= 0.6 is 0 Å². The van der Waals surface area contributed by atoms with Gasteiger partial charge in [-0.15, -0.1) is 0 Å². The Bertz CT molecular complexity index is 570. The molecule has 1 aromatic carbocycles. The summed E-state index contributed by atoms with van der Waals surface area (Å²) in [6.07, 6.45) is 1.79. The zero-order valence-corrected chi connectivity index (χ0v) is 8.82. The zero-order chi connectivity index (χ0) is 11.0. The third-order valence-electron chi connectivity index (χ3n) is 2.58. The summed E-state index contributed by atoms with van der Waals surface area (Å²) in [5.74, 6) is 0.144. The molecule has 0 saturated heterocycles. The summed E-state index contributed by atoms with van der Waals surface area (Å²) in [5.41, 5.74) is 1.78. The van der Waals surface area contributed by atoms with Gasteiger partial charge in [0.15, 0.2) is 5.43 Å². The molecule has 0 aliphatic rings.